The summed E-state index contributed by atoms with van der Waals surface area (Å²) in [6.07, 6.45) is 1.44. The minimum absolute atomic E-state index is 0.0225. The van der Waals surface area contributed by atoms with Crippen molar-refractivity contribution >= 4 is 81.7 Å². The summed E-state index contributed by atoms with van der Waals surface area (Å²) in [5.74, 6) is -2.13. The zero-order chi connectivity index (χ0) is 34.5. The molecular formula is C38H25Cl2N3O5S. The number of carbonyl (C=O) groups excluding carboxylic acids is 5. The van der Waals surface area contributed by atoms with Crippen LogP contribution in [0.1, 0.15) is 47.8 Å². The Bertz CT molecular complexity index is 2190. The molecule has 1 aliphatic rings. The molecule has 0 fully saturated rings. The zero-order valence-corrected chi connectivity index (χ0v) is 27.8. The number of hydrogen-bond donors (Lipinski definition) is 3. The third-order valence-electron chi connectivity index (χ3n) is 7.50. The molecule has 5 aromatic rings. The second-order valence-corrected chi connectivity index (χ2v) is 12.6. The molecule has 242 valence electrons. The Hall–Kier alpha value is -5.48. The van der Waals surface area contributed by atoms with Crippen molar-refractivity contribution in [2.24, 2.45) is 0 Å². The van der Waals surface area contributed by atoms with Crippen molar-refractivity contribution in [1.82, 2.24) is 5.32 Å². The van der Waals surface area contributed by atoms with Crippen molar-refractivity contribution < 1.29 is 24.0 Å². The van der Waals surface area contributed by atoms with Crippen LogP contribution in [0.2, 0.25) is 10.0 Å². The first-order valence-corrected chi connectivity index (χ1v) is 16.6. The monoisotopic (exact) mass is 705 g/mol. The highest BCUT2D eigenvalue weighted by molar-refractivity contribution is 8.00. The molecule has 0 radical (unpaired) electrons. The van der Waals surface area contributed by atoms with Gasteiger partial charge in [-0.2, -0.15) is 0 Å². The number of nitrogens with one attached hydrogen (secondary N) is 3. The summed E-state index contributed by atoms with van der Waals surface area (Å²) in [6.45, 7) is 0. The molecule has 0 aliphatic heterocycles. The van der Waals surface area contributed by atoms with Gasteiger partial charge >= 0.3 is 0 Å². The van der Waals surface area contributed by atoms with Gasteiger partial charge in [0.05, 0.1) is 27.0 Å². The zero-order valence-electron chi connectivity index (χ0n) is 25.5. The molecule has 3 amide bonds. The highest BCUT2D eigenvalue weighted by Gasteiger charge is 2.31. The topological polar surface area (TPSA) is 121 Å². The molecule has 0 heterocycles. The van der Waals surface area contributed by atoms with Crippen LogP contribution in [-0.4, -0.2) is 35.0 Å². The van der Waals surface area contributed by atoms with Gasteiger partial charge in [0.25, 0.3) is 11.8 Å². The van der Waals surface area contributed by atoms with E-state index < -0.39 is 11.8 Å². The van der Waals surface area contributed by atoms with Gasteiger partial charge in [-0.05, 0) is 54.1 Å². The SMILES string of the molecule is O=C(CSc1cccc(NC(=O)/C(=C\c2cccc(Cl)c2Cl)NC(=O)c2ccccc2)c1)Nc1cccc2c1C(=O)c1ccccc1C2=O. The van der Waals surface area contributed by atoms with Crippen LogP contribution >= 0.6 is 35.0 Å². The molecule has 0 aromatic heterocycles. The third-order valence-corrected chi connectivity index (χ3v) is 9.33. The molecule has 1 aliphatic carbocycles. The van der Waals surface area contributed by atoms with E-state index in [1.165, 1.54) is 17.8 Å². The van der Waals surface area contributed by atoms with E-state index in [2.05, 4.69) is 16.0 Å². The Morgan fingerprint density at radius 1 is 0.694 bits per heavy atom. The average molecular weight is 707 g/mol. The summed E-state index contributed by atoms with van der Waals surface area (Å²) < 4.78 is 0. The van der Waals surface area contributed by atoms with Gasteiger partial charge in [0.2, 0.25) is 5.91 Å². The number of rotatable bonds is 9. The molecule has 3 N–H and O–H groups in total. The second-order valence-electron chi connectivity index (χ2n) is 10.8. The van der Waals surface area contributed by atoms with Crippen LogP contribution in [-0.2, 0) is 9.59 Å². The van der Waals surface area contributed by atoms with Crippen LogP contribution in [0.3, 0.4) is 0 Å². The average Bonchev–Trinajstić information content (AvgIpc) is 3.11. The van der Waals surface area contributed by atoms with Crippen LogP contribution < -0.4 is 16.0 Å². The van der Waals surface area contributed by atoms with Crippen molar-refractivity contribution in [1.29, 1.82) is 0 Å². The smallest absolute Gasteiger partial charge is 0.272 e. The van der Waals surface area contributed by atoms with E-state index in [4.69, 9.17) is 23.2 Å². The van der Waals surface area contributed by atoms with Crippen LogP contribution in [0, 0.1) is 0 Å². The van der Waals surface area contributed by atoms with Crippen molar-refractivity contribution in [3.05, 3.63) is 164 Å². The molecule has 8 nitrogen and oxygen atoms in total. The second kappa shape index (κ2) is 14.7. The minimum atomic E-state index is -0.616. The van der Waals surface area contributed by atoms with Crippen LogP contribution in [0.5, 0.6) is 0 Å². The maximum absolute atomic E-state index is 13.5. The lowest BCUT2D eigenvalue weighted by atomic mass is 9.83. The molecule has 5 aromatic carbocycles. The van der Waals surface area contributed by atoms with Gasteiger partial charge in [-0.3, -0.25) is 24.0 Å². The fraction of sp³-hybridized carbons (Fsp3) is 0.0263. The summed E-state index contributed by atoms with van der Waals surface area (Å²) in [6, 6.07) is 31.6. The molecule has 0 saturated heterocycles. The van der Waals surface area contributed by atoms with Crippen LogP contribution in [0.15, 0.2) is 126 Å². The van der Waals surface area contributed by atoms with Gasteiger partial charge in [-0.1, -0.05) is 96.0 Å². The first kappa shape index (κ1) is 33.4. The lowest BCUT2D eigenvalue weighted by Crippen LogP contribution is -2.30. The van der Waals surface area contributed by atoms with Crippen LogP contribution in [0.4, 0.5) is 11.4 Å². The number of halogens is 2. The third kappa shape index (κ3) is 7.49. The van der Waals surface area contributed by atoms with E-state index in [1.807, 2.05) is 0 Å². The number of hydrogen-bond acceptors (Lipinski definition) is 6. The Balaban J connectivity index is 1.15. The van der Waals surface area contributed by atoms with Crippen LogP contribution in [0.25, 0.3) is 6.08 Å². The summed E-state index contributed by atoms with van der Waals surface area (Å²) in [5.41, 5.74) is 2.41. The molecule has 0 bridgehead atoms. The molecule has 6 rings (SSSR count). The van der Waals surface area contributed by atoms with Crippen molar-refractivity contribution in [3.63, 3.8) is 0 Å². The number of amides is 3. The van der Waals surface area contributed by atoms with E-state index in [0.717, 1.165) is 0 Å². The maximum atomic E-state index is 13.5. The molecule has 49 heavy (non-hydrogen) atoms. The fourth-order valence-electron chi connectivity index (χ4n) is 5.18. The van der Waals surface area contributed by atoms with Gasteiger partial charge in [-0.15, -0.1) is 11.8 Å². The van der Waals surface area contributed by atoms with Gasteiger partial charge in [0, 0.05) is 32.8 Å². The van der Waals surface area contributed by atoms with E-state index in [-0.39, 0.29) is 55.8 Å². The highest BCUT2D eigenvalue weighted by Crippen LogP contribution is 2.32. The van der Waals surface area contributed by atoms with Gasteiger partial charge in [-0.25, -0.2) is 0 Å². The minimum Gasteiger partial charge on any atom is -0.325 e. The summed E-state index contributed by atoms with van der Waals surface area (Å²) in [5, 5.41) is 8.74. The van der Waals surface area contributed by atoms with E-state index >= 15 is 0 Å². The molecular weight excluding hydrogens is 681 g/mol. The molecule has 0 spiro atoms. The van der Waals surface area contributed by atoms with E-state index in [9.17, 15) is 24.0 Å². The Morgan fingerprint density at radius 3 is 2.14 bits per heavy atom. The Morgan fingerprint density at radius 2 is 1.37 bits per heavy atom. The Kier molecular flexibility index (Phi) is 10.1. The Labute approximate surface area is 295 Å². The number of anilines is 2. The highest BCUT2D eigenvalue weighted by atomic mass is 35.5. The molecule has 0 saturated carbocycles. The summed E-state index contributed by atoms with van der Waals surface area (Å²) in [7, 11) is 0. The fourth-order valence-corrected chi connectivity index (χ4v) is 6.29. The number of thioether (sulfide) groups is 1. The van der Waals surface area contributed by atoms with E-state index in [1.54, 1.807) is 115 Å². The molecule has 0 atom stereocenters. The lowest BCUT2D eigenvalue weighted by molar-refractivity contribution is -0.114. The number of ketones is 2. The van der Waals surface area contributed by atoms with Gasteiger partial charge < -0.3 is 16.0 Å². The maximum Gasteiger partial charge on any atom is 0.272 e. The first-order chi connectivity index (χ1) is 23.7. The normalized spacial score (nSPS) is 12.1. The quantitative estimate of drug-likeness (QED) is 0.104. The first-order valence-electron chi connectivity index (χ1n) is 14.9. The lowest BCUT2D eigenvalue weighted by Gasteiger charge is -2.20. The van der Waals surface area contributed by atoms with Crippen molar-refractivity contribution in [3.8, 4) is 0 Å². The summed E-state index contributed by atoms with van der Waals surface area (Å²) in [4.78, 5) is 66.6. The number of fused-ring (bicyclic) bond motifs is 2. The van der Waals surface area contributed by atoms with E-state index in [0.29, 0.717) is 32.8 Å². The number of carbonyl (C=O) groups is 5. The predicted molar refractivity (Wildman–Crippen MR) is 193 cm³/mol. The number of benzene rings is 5. The van der Waals surface area contributed by atoms with Gasteiger partial charge in [0.15, 0.2) is 11.6 Å². The van der Waals surface area contributed by atoms with Crippen molar-refractivity contribution in [2.45, 2.75) is 4.90 Å². The summed E-state index contributed by atoms with van der Waals surface area (Å²) >= 11 is 13.8. The standard InChI is InChI=1S/C38H25Cl2N3O5S/c39-29-17-6-11-23(34(29)40)19-31(43-37(47)22-9-2-1-3-10-22)38(48)41-24-12-7-13-25(20-24)49-21-32(44)42-30-18-8-16-28-33(30)36(46)27-15-5-4-14-26(27)35(28)45/h1-20H,21H2,(H,41,48)(H,42,44)(H,43,47)/b31-19+. The van der Waals surface area contributed by atoms with Crippen molar-refractivity contribution in [2.75, 3.05) is 16.4 Å². The molecule has 0 unspecified atom stereocenters. The molecule has 11 heteroatoms. The van der Waals surface area contributed by atoms with Gasteiger partial charge in [0.1, 0.15) is 5.70 Å². The predicted octanol–water partition coefficient (Wildman–Crippen LogP) is 7.91. The largest absolute Gasteiger partial charge is 0.325 e.